The van der Waals surface area contributed by atoms with Crippen LogP contribution in [-0.2, 0) is 4.74 Å². The van der Waals surface area contributed by atoms with Gasteiger partial charge in [-0.2, -0.15) is 0 Å². The van der Waals surface area contributed by atoms with Gasteiger partial charge in [0.05, 0.1) is 6.61 Å². The van der Waals surface area contributed by atoms with Gasteiger partial charge < -0.3 is 9.64 Å². The molecule has 4 heteroatoms. The number of rotatable bonds is 5. The third-order valence-corrected chi connectivity index (χ3v) is 1.31. The summed E-state index contributed by atoms with van der Waals surface area (Å²) in [7, 11) is 3.73. The zero-order chi connectivity index (χ0) is 7.11. The lowest BCUT2D eigenvalue weighted by molar-refractivity contribution is 0.164. The van der Waals surface area contributed by atoms with Crippen molar-refractivity contribution >= 4 is 24.0 Å². The molecule has 0 aliphatic heterocycles. The van der Waals surface area contributed by atoms with Gasteiger partial charge in [-0.3, -0.25) is 0 Å². The number of methoxy groups -OCH3 is 1. The summed E-state index contributed by atoms with van der Waals surface area (Å²) in [5, 5.41) is 0. The summed E-state index contributed by atoms with van der Waals surface area (Å²) in [5.74, 6) is 0.695. The van der Waals surface area contributed by atoms with Crippen LogP contribution in [0.1, 0.15) is 0 Å². The van der Waals surface area contributed by atoms with Crippen LogP contribution in [-0.4, -0.2) is 44.6 Å². The maximum absolute atomic E-state index is 5.49. The molecule has 0 aromatic rings. The summed E-state index contributed by atoms with van der Waals surface area (Å²) in [6.07, 6.45) is 0. The quantitative estimate of drug-likeness (QED) is 0.601. The lowest BCUT2D eigenvalue weighted by atomic mass is 10.5. The van der Waals surface area contributed by atoms with Crippen molar-refractivity contribution in [2.24, 2.45) is 0 Å². The minimum absolute atomic E-state index is 0. The third kappa shape index (κ3) is 8.50. The van der Waals surface area contributed by atoms with Crippen LogP contribution in [0.15, 0.2) is 0 Å². The average Bonchev–Trinajstić information content (AvgIpc) is 1.85. The Hall–Kier alpha value is 0.500. The number of likely N-dealkylation sites (N-methyl/N-ethyl adjacent to an activating group) is 1. The van der Waals surface area contributed by atoms with Gasteiger partial charge in [0.1, 0.15) is 0 Å². The van der Waals surface area contributed by atoms with Crippen LogP contribution in [0.4, 0.5) is 0 Å². The highest BCUT2D eigenvalue weighted by molar-refractivity contribution is 6.18. The molecule has 0 heterocycles. The van der Waals surface area contributed by atoms with E-state index in [9.17, 15) is 0 Å². The average molecular weight is 188 g/mol. The molecule has 0 aromatic heterocycles. The van der Waals surface area contributed by atoms with Crippen molar-refractivity contribution in [1.29, 1.82) is 0 Å². The molecule has 10 heavy (non-hydrogen) atoms. The van der Waals surface area contributed by atoms with Gasteiger partial charge in [-0.1, -0.05) is 0 Å². The van der Waals surface area contributed by atoms with Crippen LogP contribution < -0.4 is 0 Å². The topological polar surface area (TPSA) is 12.5 Å². The van der Waals surface area contributed by atoms with Crippen LogP contribution in [0.3, 0.4) is 0 Å². The van der Waals surface area contributed by atoms with E-state index in [1.165, 1.54) is 0 Å². The van der Waals surface area contributed by atoms with E-state index in [2.05, 4.69) is 4.90 Å². The Morgan fingerprint density at radius 3 is 2.40 bits per heavy atom. The van der Waals surface area contributed by atoms with E-state index in [1.54, 1.807) is 7.11 Å². The fraction of sp³-hybridized carbons (Fsp3) is 1.00. The van der Waals surface area contributed by atoms with Gasteiger partial charge in [0, 0.05) is 26.1 Å². The van der Waals surface area contributed by atoms with E-state index < -0.39 is 0 Å². The standard InChI is InChI=1S/C6H14ClNO.ClH/c1-8(4-3-7)5-6-9-2;/h3-6H2,1-2H3;1H. The highest BCUT2D eigenvalue weighted by atomic mass is 35.5. The van der Waals surface area contributed by atoms with Crippen LogP contribution in [0.25, 0.3) is 0 Å². The van der Waals surface area contributed by atoms with Gasteiger partial charge in [-0.05, 0) is 7.05 Å². The van der Waals surface area contributed by atoms with E-state index in [4.69, 9.17) is 16.3 Å². The zero-order valence-electron chi connectivity index (χ0n) is 6.47. The second-order valence-electron chi connectivity index (χ2n) is 1.99. The Morgan fingerprint density at radius 2 is 2.00 bits per heavy atom. The number of hydrogen-bond acceptors (Lipinski definition) is 2. The SMILES string of the molecule is COCCN(C)CCCl.Cl. The molecule has 0 amide bonds. The second kappa shape index (κ2) is 9.50. The predicted molar refractivity (Wildman–Crippen MR) is 47.3 cm³/mol. The van der Waals surface area contributed by atoms with Crippen LogP contribution >= 0.6 is 24.0 Å². The van der Waals surface area contributed by atoms with E-state index in [0.29, 0.717) is 5.88 Å². The van der Waals surface area contributed by atoms with Gasteiger partial charge in [-0.25, -0.2) is 0 Å². The number of halogens is 2. The fourth-order valence-electron chi connectivity index (χ4n) is 0.503. The van der Waals surface area contributed by atoms with Crippen molar-refractivity contribution in [2.45, 2.75) is 0 Å². The van der Waals surface area contributed by atoms with Gasteiger partial charge >= 0.3 is 0 Å². The molecule has 0 saturated carbocycles. The molecule has 0 aliphatic rings. The van der Waals surface area contributed by atoms with Crippen LogP contribution in [0.2, 0.25) is 0 Å². The molecule has 0 N–H and O–H groups in total. The van der Waals surface area contributed by atoms with Crippen molar-refractivity contribution in [2.75, 3.05) is 39.7 Å². The largest absolute Gasteiger partial charge is 0.383 e. The summed E-state index contributed by atoms with van der Waals surface area (Å²) in [4.78, 5) is 2.14. The Balaban J connectivity index is 0. The van der Waals surface area contributed by atoms with Gasteiger partial charge in [0.2, 0.25) is 0 Å². The number of hydrogen-bond donors (Lipinski definition) is 0. The molecular weight excluding hydrogens is 173 g/mol. The Labute approximate surface area is 73.9 Å². The molecule has 0 spiro atoms. The van der Waals surface area contributed by atoms with Crippen molar-refractivity contribution in [1.82, 2.24) is 4.90 Å². The van der Waals surface area contributed by atoms with Crippen molar-refractivity contribution in [3.63, 3.8) is 0 Å². The third-order valence-electron chi connectivity index (χ3n) is 1.14. The maximum atomic E-state index is 5.49. The lowest BCUT2D eigenvalue weighted by Crippen LogP contribution is -2.24. The normalized spacial score (nSPS) is 9.60. The first kappa shape index (κ1) is 13.1. The molecule has 0 unspecified atom stereocenters. The number of nitrogens with zero attached hydrogens (tertiary/aromatic N) is 1. The molecular formula is C6H15Cl2NO. The van der Waals surface area contributed by atoms with Crippen molar-refractivity contribution in [3.05, 3.63) is 0 Å². The molecule has 0 rings (SSSR count). The molecule has 0 fully saturated rings. The summed E-state index contributed by atoms with van der Waals surface area (Å²) in [6.45, 7) is 2.68. The first-order valence-corrected chi connectivity index (χ1v) is 3.58. The predicted octanol–water partition coefficient (Wildman–Crippen LogP) is 1.23. The summed E-state index contributed by atoms with van der Waals surface area (Å²) < 4.78 is 4.87. The van der Waals surface area contributed by atoms with Gasteiger partial charge in [-0.15, -0.1) is 24.0 Å². The minimum atomic E-state index is 0. The lowest BCUT2D eigenvalue weighted by Gasteiger charge is -2.12. The molecule has 0 atom stereocenters. The summed E-state index contributed by atoms with van der Waals surface area (Å²) >= 11 is 5.49. The molecule has 0 radical (unpaired) electrons. The fourth-order valence-corrected chi connectivity index (χ4v) is 0.792. The first-order chi connectivity index (χ1) is 4.31. The smallest absolute Gasteiger partial charge is 0.0589 e. The molecule has 0 aliphatic carbocycles. The van der Waals surface area contributed by atoms with E-state index in [0.717, 1.165) is 19.7 Å². The number of ether oxygens (including phenoxy) is 1. The molecule has 0 bridgehead atoms. The van der Waals surface area contributed by atoms with Crippen molar-refractivity contribution < 1.29 is 4.74 Å². The molecule has 2 nitrogen and oxygen atoms in total. The van der Waals surface area contributed by atoms with Crippen LogP contribution in [0.5, 0.6) is 0 Å². The van der Waals surface area contributed by atoms with E-state index >= 15 is 0 Å². The highest BCUT2D eigenvalue weighted by Gasteiger charge is 1.93. The first-order valence-electron chi connectivity index (χ1n) is 3.04. The van der Waals surface area contributed by atoms with Crippen molar-refractivity contribution in [3.8, 4) is 0 Å². The highest BCUT2D eigenvalue weighted by Crippen LogP contribution is 1.83. The summed E-state index contributed by atoms with van der Waals surface area (Å²) in [5.41, 5.74) is 0. The Bertz CT molecular complexity index is 63.7. The molecule has 0 saturated heterocycles. The molecule has 64 valence electrons. The van der Waals surface area contributed by atoms with Gasteiger partial charge in [0.15, 0.2) is 0 Å². The Kier molecular flexibility index (Phi) is 12.5. The molecule has 0 aromatic carbocycles. The zero-order valence-corrected chi connectivity index (χ0v) is 8.04. The van der Waals surface area contributed by atoms with E-state index in [-0.39, 0.29) is 12.4 Å². The number of alkyl halides is 1. The Morgan fingerprint density at radius 1 is 1.40 bits per heavy atom. The second-order valence-corrected chi connectivity index (χ2v) is 2.36. The van der Waals surface area contributed by atoms with Gasteiger partial charge in [0.25, 0.3) is 0 Å². The van der Waals surface area contributed by atoms with Crippen LogP contribution in [0, 0.1) is 0 Å². The summed E-state index contributed by atoms with van der Waals surface area (Å²) in [6, 6.07) is 0. The minimum Gasteiger partial charge on any atom is -0.383 e. The maximum Gasteiger partial charge on any atom is 0.0589 e. The van der Waals surface area contributed by atoms with E-state index in [1.807, 2.05) is 7.05 Å². The monoisotopic (exact) mass is 187 g/mol.